The number of aromatic nitrogens is 1. The Morgan fingerprint density at radius 3 is 2.61 bits per heavy atom. The van der Waals surface area contributed by atoms with E-state index in [2.05, 4.69) is 14.5 Å². The molecule has 0 aliphatic carbocycles. The molecule has 176 valence electrons. The molecule has 0 saturated carbocycles. The van der Waals surface area contributed by atoms with Gasteiger partial charge in [0.1, 0.15) is 11.5 Å². The number of hydrogen-bond acceptors (Lipinski definition) is 8. The van der Waals surface area contributed by atoms with Gasteiger partial charge in [-0.25, -0.2) is 4.98 Å². The van der Waals surface area contributed by atoms with Crippen molar-refractivity contribution < 1.29 is 35.2 Å². The number of alkyl halides is 3. The van der Waals surface area contributed by atoms with Crippen LogP contribution < -0.4 is 20.0 Å². The number of nitrogens with zero attached hydrogens (tertiary/aromatic N) is 1. The third kappa shape index (κ3) is 3.66. The number of fused-ring (bicyclic) bond motifs is 4. The van der Waals surface area contributed by atoms with E-state index in [0.717, 1.165) is 24.5 Å². The molecule has 5 rings (SSSR count). The Morgan fingerprint density at radius 2 is 1.94 bits per heavy atom. The lowest BCUT2D eigenvalue weighted by atomic mass is 9.73. The van der Waals surface area contributed by atoms with Gasteiger partial charge in [0.15, 0.2) is 0 Å². The Kier molecular flexibility index (Phi) is 4.98. The summed E-state index contributed by atoms with van der Waals surface area (Å²) in [4.78, 5) is 4.51. The third-order valence-corrected chi connectivity index (χ3v) is 7.13. The van der Waals surface area contributed by atoms with E-state index in [4.69, 9.17) is 15.2 Å². The second-order valence-corrected chi connectivity index (χ2v) is 9.71. The molecule has 1 saturated heterocycles. The highest BCUT2D eigenvalue weighted by Crippen LogP contribution is 2.51. The Hall–Kier alpha value is -2.99. The number of benzene rings is 1. The first-order valence-corrected chi connectivity index (χ1v) is 11.6. The van der Waals surface area contributed by atoms with Gasteiger partial charge in [0.05, 0.1) is 11.2 Å². The molecule has 1 aromatic carbocycles. The van der Waals surface area contributed by atoms with Crippen molar-refractivity contribution in [3.05, 3.63) is 59.0 Å². The number of pyridine rings is 1. The fourth-order valence-corrected chi connectivity index (χ4v) is 4.95. The number of rotatable bonds is 3. The van der Waals surface area contributed by atoms with Crippen molar-refractivity contribution in [2.24, 2.45) is 5.73 Å². The molecule has 1 atom stereocenters. The lowest BCUT2D eigenvalue weighted by Gasteiger charge is -2.35. The third-order valence-electron chi connectivity index (χ3n) is 6.15. The van der Waals surface area contributed by atoms with Crippen molar-refractivity contribution in [2.75, 3.05) is 19.8 Å². The number of nitrogens with two attached hydrogens (primary N) is 1. The summed E-state index contributed by atoms with van der Waals surface area (Å²) < 4.78 is 77.3. The zero-order chi connectivity index (χ0) is 23.4. The molecule has 8 nitrogen and oxygen atoms in total. The maximum atomic E-state index is 12.8. The highest BCUT2D eigenvalue weighted by Gasteiger charge is 2.49. The summed E-state index contributed by atoms with van der Waals surface area (Å²) in [5, 5.41) is 3.05. The zero-order valence-corrected chi connectivity index (χ0v) is 18.0. The van der Waals surface area contributed by atoms with Crippen molar-refractivity contribution in [1.29, 1.82) is 0 Å². The van der Waals surface area contributed by atoms with Crippen molar-refractivity contribution in [3.8, 4) is 17.4 Å². The second-order valence-electron chi connectivity index (χ2n) is 8.18. The van der Waals surface area contributed by atoms with Crippen LogP contribution in [0.1, 0.15) is 35.4 Å². The van der Waals surface area contributed by atoms with Crippen LogP contribution in [-0.2, 0) is 20.3 Å². The lowest BCUT2D eigenvalue weighted by molar-refractivity contribution is -0.0500. The second kappa shape index (κ2) is 7.52. The van der Waals surface area contributed by atoms with E-state index >= 15 is 0 Å². The fraction of sp³-hybridized carbons (Fsp3) is 0.381. The minimum absolute atomic E-state index is 0.247. The topological polar surface area (TPSA) is 113 Å². The van der Waals surface area contributed by atoms with E-state index in [1.807, 2.05) is 6.07 Å². The molecule has 1 spiro atoms. The van der Waals surface area contributed by atoms with Gasteiger partial charge in [0.25, 0.3) is 0 Å². The summed E-state index contributed by atoms with van der Waals surface area (Å²) in [5.41, 5.74) is 1.65. The first-order valence-electron chi connectivity index (χ1n) is 10.2. The molecule has 3 aliphatic heterocycles. The molecular formula is C21H20F3N3O5S. The number of nitrogens with one attached hydrogen (secondary N) is 1. The van der Waals surface area contributed by atoms with Gasteiger partial charge in [0.2, 0.25) is 5.88 Å². The molecule has 3 N–H and O–H groups in total. The monoisotopic (exact) mass is 483 g/mol. The summed E-state index contributed by atoms with van der Waals surface area (Å²) >= 11 is 0. The summed E-state index contributed by atoms with van der Waals surface area (Å²) in [5.74, 6) is 0.808. The standard InChI is InChI=1S/C21H20F3N3O5S/c22-21(23,24)33(28,29)32-14-1-2-17-15(8-14)20(9-18(25)27-11-20)16-7-13(10-26-19(16)31-17)12-3-5-30-6-4-12/h1-2,7-10,12,27H,3-6,11,25H2/t20-/m0/s1. The van der Waals surface area contributed by atoms with Crippen molar-refractivity contribution in [1.82, 2.24) is 10.3 Å². The van der Waals surface area contributed by atoms with Gasteiger partial charge >= 0.3 is 15.6 Å². The highest BCUT2D eigenvalue weighted by atomic mass is 32.2. The largest absolute Gasteiger partial charge is 0.534 e. The SMILES string of the molecule is NC1=C[C@]2(CN1)c1cc(OS(=O)(=O)C(F)(F)F)ccc1Oc1ncc(C3CCOCC3)cc12. The predicted molar refractivity (Wildman–Crippen MR) is 110 cm³/mol. The molecule has 33 heavy (non-hydrogen) atoms. The van der Waals surface area contributed by atoms with E-state index < -0.39 is 26.8 Å². The normalized spacial score (nSPS) is 22.7. The Morgan fingerprint density at radius 1 is 1.18 bits per heavy atom. The van der Waals surface area contributed by atoms with Gasteiger partial charge in [-0.1, -0.05) is 0 Å². The van der Waals surface area contributed by atoms with Crippen molar-refractivity contribution in [3.63, 3.8) is 0 Å². The van der Waals surface area contributed by atoms with Gasteiger partial charge in [0, 0.05) is 37.1 Å². The molecule has 2 aromatic rings. The Balaban J connectivity index is 1.61. The molecule has 1 fully saturated rings. The van der Waals surface area contributed by atoms with Gasteiger partial charge in [-0.3, -0.25) is 0 Å². The van der Waals surface area contributed by atoms with Crippen LogP contribution in [0.15, 0.2) is 42.4 Å². The first kappa shape index (κ1) is 21.8. The van der Waals surface area contributed by atoms with Crippen molar-refractivity contribution in [2.45, 2.75) is 29.7 Å². The smallest absolute Gasteiger partial charge is 0.438 e. The van der Waals surface area contributed by atoms with Gasteiger partial charge in [-0.15, -0.1) is 0 Å². The first-order chi connectivity index (χ1) is 15.6. The maximum absolute atomic E-state index is 12.8. The van der Waals surface area contributed by atoms with Crippen LogP contribution in [0.5, 0.6) is 17.4 Å². The van der Waals surface area contributed by atoms with Crippen LogP contribution in [0.4, 0.5) is 13.2 Å². The lowest BCUT2D eigenvalue weighted by Crippen LogP contribution is -2.35. The Labute approximate surface area is 187 Å². The van der Waals surface area contributed by atoms with Crippen molar-refractivity contribution >= 4 is 10.1 Å². The summed E-state index contributed by atoms with van der Waals surface area (Å²) in [6.07, 6.45) is 5.18. The maximum Gasteiger partial charge on any atom is 0.534 e. The van der Waals surface area contributed by atoms with E-state index in [0.29, 0.717) is 41.8 Å². The van der Waals surface area contributed by atoms with E-state index in [1.54, 1.807) is 12.3 Å². The van der Waals surface area contributed by atoms with E-state index in [1.165, 1.54) is 12.1 Å². The molecule has 0 amide bonds. The quantitative estimate of drug-likeness (QED) is 0.506. The van der Waals surface area contributed by atoms with Crippen LogP contribution in [0.2, 0.25) is 0 Å². The van der Waals surface area contributed by atoms with Crippen LogP contribution >= 0.6 is 0 Å². The summed E-state index contributed by atoms with van der Waals surface area (Å²) in [6.45, 7) is 1.58. The molecule has 0 bridgehead atoms. The molecule has 0 radical (unpaired) electrons. The van der Waals surface area contributed by atoms with Crippen LogP contribution in [0, 0.1) is 0 Å². The molecule has 3 aliphatic rings. The van der Waals surface area contributed by atoms with Gasteiger partial charge in [-0.05, 0) is 54.7 Å². The fourth-order valence-electron chi connectivity index (χ4n) is 4.50. The molecule has 12 heteroatoms. The van der Waals surface area contributed by atoms with Crippen LogP contribution in [-0.4, -0.2) is 38.7 Å². The van der Waals surface area contributed by atoms with Gasteiger partial charge < -0.3 is 24.7 Å². The minimum atomic E-state index is -5.83. The average Bonchev–Trinajstić information content (AvgIpc) is 3.16. The zero-order valence-electron chi connectivity index (χ0n) is 17.2. The van der Waals surface area contributed by atoms with E-state index in [-0.39, 0.29) is 12.5 Å². The van der Waals surface area contributed by atoms with Crippen LogP contribution in [0.3, 0.4) is 0 Å². The summed E-state index contributed by atoms with van der Waals surface area (Å²) in [7, 11) is -5.83. The molecule has 4 heterocycles. The number of hydrogen-bond donors (Lipinski definition) is 2. The molecule has 0 unspecified atom stereocenters. The van der Waals surface area contributed by atoms with E-state index in [9.17, 15) is 21.6 Å². The highest BCUT2D eigenvalue weighted by molar-refractivity contribution is 7.88. The van der Waals surface area contributed by atoms with Crippen LogP contribution in [0.25, 0.3) is 0 Å². The predicted octanol–water partition coefficient (Wildman–Crippen LogP) is 3.00. The Bertz CT molecular complexity index is 1240. The summed E-state index contributed by atoms with van der Waals surface area (Å²) in [6, 6.07) is 5.67. The molecular weight excluding hydrogens is 463 g/mol. The molecule has 1 aromatic heterocycles. The number of halogens is 3. The average molecular weight is 483 g/mol. The minimum Gasteiger partial charge on any atom is -0.438 e. The number of ether oxygens (including phenoxy) is 2. The van der Waals surface area contributed by atoms with Gasteiger partial charge in [-0.2, -0.15) is 21.6 Å².